The summed E-state index contributed by atoms with van der Waals surface area (Å²) in [6, 6.07) is 9.28. The second-order valence-electron chi connectivity index (χ2n) is 7.41. The Morgan fingerprint density at radius 2 is 2.10 bits per heavy atom. The van der Waals surface area contributed by atoms with Crippen molar-refractivity contribution in [2.75, 3.05) is 5.32 Å². The van der Waals surface area contributed by atoms with E-state index in [1.54, 1.807) is 42.2 Å². The Bertz CT molecular complexity index is 1070. The number of nitrogens with zero attached hydrogens (tertiary/aromatic N) is 3. The molecule has 0 aliphatic heterocycles. The minimum Gasteiger partial charge on any atom is -0.433 e. The predicted octanol–water partition coefficient (Wildman–Crippen LogP) is 4.29. The van der Waals surface area contributed by atoms with Gasteiger partial charge in [-0.25, -0.2) is 4.98 Å². The van der Waals surface area contributed by atoms with Crippen molar-refractivity contribution < 1.29 is 13.5 Å². The van der Waals surface area contributed by atoms with Crippen molar-refractivity contribution in [3.63, 3.8) is 0 Å². The quantitative estimate of drug-likeness (QED) is 0.654. The number of aryl methyl sites for hydroxylation is 1. The van der Waals surface area contributed by atoms with Gasteiger partial charge in [0.05, 0.1) is 18.1 Å². The highest BCUT2D eigenvalue weighted by atomic mass is 19.3. The highest BCUT2D eigenvalue weighted by molar-refractivity contribution is 5.44. The van der Waals surface area contributed by atoms with Crippen molar-refractivity contribution in [1.82, 2.24) is 14.5 Å². The Morgan fingerprint density at radius 1 is 1.23 bits per heavy atom. The SMILES string of the molecule is Cc1cc(N[C@H]2CC[C@H](c3cccn(-c4cccnc4)c3=O)C2)ncc1OC(F)F. The Labute approximate surface area is 172 Å². The number of alkyl halides is 2. The highest BCUT2D eigenvalue weighted by Gasteiger charge is 2.28. The zero-order chi connectivity index (χ0) is 21.1. The number of aromatic nitrogens is 3. The van der Waals surface area contributed by atoms with Crippen molar-refractivity contribution in [3.8, 4) is 11.4 Å². The molecule has 0 saturated heterocycles. The van der Waals surface area contributed by atoms with Gasteiger partial charge in [-0.1, -0.05) is 6.07 Å². The lowest BCUT2D eigenvalue weighted by Gasteiger charge is -2.16. The molecule has 30 heavy (non-hydrogen) atoms. The van der Waals surface area contributed by atoms with Gasteiger partial charge in [-0.2, -0.15) is 8.78 Å². The third-order valence-electron chi connectivity index (χ3n) is 5.40. The summed E-state index contributed by atoms with van der Waals surface area (Å²) in [5, 5.41) is 3.35. The molecule has 0 aromatic carbocycles. The first kappa shape index (κ1) is 20.0. The lowest BCUT2D eigenvalue weighted by molar-refractivity contribution is -0.0505. The van der Waals surface area contributed by atoms with E-state index >= 15 is 0 Å². The van der Waals surface area contributed by atoms with E-state index in [9.17, 15) is 13.6 Å². The van der Waals surface area contributed by atoms with Crippen LogP contribution in [-0.4, -0.2) is 27.2 Å². The summed E-state index contributed by atoms with van der Waals surface area (Å²) in [5.41, 5.74) is 2.08. The van der Waals surface area contributed by atoms with Crippen LogP contribution in [0.5, 0.6) is 5.75 Å². The van der Waals surface area contributed by atoms with E-state index in [1.807, 2.05) is 18.2 Å². The van der Waals surface area contributed by atoms with E-state index in [1.165, 1.54) is 6.20 Å². The largest absolute Gasteiger partial charge is 0.433 e. The lowest BCUT2D eigenvalue weighted by atomic mass is 9.99. The van der Waals surface area contributed by atoms with Crippen molar-refractivity contribution >= 4 is 5.82 Å². The third-order valence-corrected chi connectivity index (χ3v) is 5.40. The molecule has 3 aromatic heterocycles. The topological polar surface area (TPSA) is 69.0 Å². The number of rotatable bonds is 6. The normalized spacial score (nSPS) is 18.5. The Morgan fingerprint density at radius 3 is 2.83 bits per heavy atom. The van der Waals surface area contributed by atoms with Gasteiger partial charge in [-0.05, 0) is 61.9 Å². The minimum absolute atomic E-state index is 0.0291. The van der Waals surface area contributed by atoms with Gasteiger partial charge in [0.1, 0.15) is 11.6 Å². The van der Waals surface area contributed by atoms with Crippen LogP contribution in [0.1, 0.15) is 36.3 Å². The molecule has 3 heterocycles. The van der Waals surface area contributed by atoms with E-state index in [2.05, 4.69) is 20.0 Å². The number of anilines is 1. The molecular formula is C22H22F2N4O2. The number of pyridine rings is 3. The van der Waals surface area contributed by atoms with Gasteiger partial charge in [-0.15, -0.1) is 0 Å². The van der Waals surface area contributed by atoms with Crippen molar-refractivity contribution in [3.05, 3.63) is 76.6 Å². The van der Waals surface area contributed by atoms with Crippen LogP contribution in [0.25, 0.3) is 5.69 Å². The Kier molecular flexibility index (Phi) is 5.74. The monoisotopic (exact) mass is 412 g/mol. The molecule has 0 radical (unpaired) electrons. The minimum atomic E-state index is -2.87. The smallest absolute Gasteiger partial charge is 0.387 e. The molecule has 1 aliphatic carbocycles. The summed E-state index contributed by atoms with van der Waals surface area (Å²) in [7, 11) is 0. The van der Waals surface area contributed by atoms with E-state index in [0.717, 1.165) is 30.5 Å². The molecule has 8 heteroatoms. The third kappa shape index (κ3) is 4.32. The van der Waals surface area contributed by atoms with E-state index in [-0.39, 0.29) is 23.3 Å². The van der Waals surface area contributed by atoms with E-state index < -0.39 is 6.61 Å². The number of halogens is 2. The van der Waals surface area contributed by atoms with E-state index in [0.29, 0.717) is 11.4 Å². The fourth-order valence-electron chi connectivity index (χ4n) is 3.97. The molecule has 1 fully saturated rings. The maximum absolute atomic E-state index is 13.0. The van der Waals surface area contributed by atoms with Crippen molar-refractivity contribution in [2.24, 2.45) is 0 Å². The molecule has 1 saturated carbocycles. The molecular weight excluding hydrogens is 390 g/mol. The fraction of sp³-hybridized carbons (Fsp3) is 0.318. The standard InChI is InChI=1S/C22H22F2N4O2/c1-14-10-20(26-13-19(14)30-22(23)24)27-16-7-6-15(11-16)18-5-3-9-28(21(18)29)17-4-2-8-25-12-17/h2-5,8-10,12-13,15-16,22H,6-7,11H2,1H3,(H,26,27)/t15-,16-/m0/s1. The summed E-state index contributed by atoms with van der Waals surface area (Å²) >= 11 is 0. The second kappa shape index (κ2) is 8.61. The van der Waals surface area contributed by atoms with E-state index in [4.69, 9.17) is 0 Å². The van der Waals surface area contributed by atoms with Crippen LogP contribution in [0, 0.1) is 6.92 Å². The molecule has 1 aliphatic rings. The zero-order valence-electron chi connectivity index (χ0n) is 16.5. The van der Waals surface area contributed by atoms with Gasteiger partial charge >= 0.3 is 6.61 Å². The molecule has 3 aromatic rings. The zero-order valence-corrected chi connectivity index (χ0v) is 16.5. The first-order valence-corrected chi connectivity index (χ1v) is 9.81. The molecule has 0 bridgehead atoms. The first-order chi connectivity index (χ1) is 14.5. The second-order valence-corrected chi connectivity index (χ2v) is 7.41. The maximum Gasteiger partial charge on any atom is 0.387 e. The lowest BCUT2D eigenvalue weighted by Crippen LogP contribution is -2.24. The van der Waals surface area contributed by atoms with Crippen LogP contribution < -0.4 is 15.6 Å². The van der Waals surface area contributed by atoms with Crippen LogP contribution in [0.2, 0.25) is 0 Å². The fourth-order valence-corrected chi connectivity index (χ4v) is 3.97. The van der Waals surface area contributed by atoms with Crippen LogP contribution in [-0.2, 0) is 0 Å². The van der Waals surface area contributed by atoms with Gasteiger partial charge in [0.2, 0.25) is 0 Å². The highest BCUT2D eigenvalue weighted by Crippen LogP contribution is 2.34. The molecule has 1 N–H and O–H groups in total. The molecule has 4 rings (SSSR count). The molecule has 6 nitrogen and oxygen atoms in total. The molecule has 2 atom stereocenters. The first-order valence-electron chi connectivity index (χ1n) is 9.81. The number of ether oxygens (including phenoxy) is 1. The van der Waals surface area contributed by atoms with Crippen LogP contribution in [0.4, 0.5) is 14.6 Å². The van der Waals surface area contributed by atoms with Gasteiger partial charge in [-0.3, -0.25) is 14.3 Å². The number of hydrogen-bond acceptors (Lipinski definition) is 5. The summed E-state index contributed by atoms with van der Waals surface area (Å²) in [4.78, 5) is 21.3. The summed E-state index contributed by atoms with van der Waals surface area (Å²) in [6.07, 6.45) is 8.97. The average molecular weight is 412 g/mol. The maximum atomic E-state index is 13.0. The Hall–Kier alpha value is -3.29. The molecule has 0 unspecified atom stereocenters. The van der Waals surface area contributed by atoms with Crippen LogP contribution in [0.15, 0.2) is 59.9 Å². The molecule has 0 spiro atoms. The van der Waals surface area contributed by atoms with Gasteiger partial charge in [0, 0.05) is 24.0 Å². The van der Waals surface area contributed by atoms with Crippen LogP contribution in [0.3, 0.4) is 0 Å². The summed E-state index contributed by atoms with van der Waals surface area (Å²) < 4.78 is 30.9. The summed E-state index contributed by atoms with van der Waals surface area (Å²) in [6.45, 7) is -1.17. The van der Waals surface area contributed by atoms with Gasteiger partial charge in [0.25, 0.3) is 5.56 Å². The average Bonchev–Trinajstić information content (AvgIpc) is 3.19. The Balaban J connectivity index is 1.47. The predicted molar refractivity (Wildman–Crippen MR) is 109 cm³/mol. The van der Waals surface area contributed by atoms with Gasteiger partial charge in [0.15, 0.2) is 0 Å². The molecule has 156 valence electrons. The van der Waals surface area contributed by atoms with Crippen molar-refractivity contribution in [2.45, 2.75) is 44.8 Å². The molecule has 0 amide bonds. The summed E-state index contributed by atoms with van der Waals surface area (Å²) in [5.74, 6) is 0.822. The van der Waals surface area contributed by atoms with Crippen molar-refractivity contribution in [1.29, 1.82) is 0 Å². The number of hydrogen-bond donors (Lipinski definition) is 1. The number of nitrogens with one attached hydrogen (secondary N) is 1. The van der Waals surface area contributed by atoms with Crippen LogP contribution >= 0.6 is 0 Å². The van der Waals surface area contributed by atoms with Gasteiger partial charge < -0.3 is 10.1 Å².